The van der Waals surface area contributed by atoms with Crippen LogP contribution in [0.2, 0.25) is 0 Å². The van der Waals surface area contributed by atoms with Gasteiger partial charge in [-0.3, -0.25) is 9.59 Å². The van der Waals surface area contributed by atoms with Crippen molar-refractivity contribution in [1.82, 2.24) is 9.88 Å². The molecule has 1 amide bonds. The van der Waals surface area contributed by atoms with Crippen LogP contribution in [-0.4, -0.2) is 29.2 Å². The van der Waals surface area contributed by atoms with Gasteiger partial charge in [-0.2, -0.15) is 0 Å². The van der Waals surface area contributed by atoms with E-state index in [1.54, 1.807) is 44.5 Å². The predicted molar refractivity (Wildman–Crippen MR) is 82.0 cm³/mol. The number of rotatable bonds is 5. The second kappa shape index (κ2) is 6.91. The van der Waals surface area contributed by atoms with Crippen LogP contribution in [0.25, 0.3) is 0 Å². The maximum atomic E-state index is 12.0. The lowest BCUT2D eigenvalue weighted by molar-refractivity contribution is 0.0916. The smallest absolute Gasteiger partial charge is 0.251 e. The number of hydrogen-bond acceptors (Lipinski definition) is 4. The highest BCUT2D eigenvalue weighted by Crippen LogP contribution is 2.17. The van der Waals surface area contributed by atoms with Gasteiger partial charge < -0.3 is 19.7 Å². The zero-order valence-electron chi connectivity index (χ0n) is 12.4. The summed E-state index contributed by atoms with van der Waals surface area (Å²) >= 11 is 0. The Labute approximate surface area is 128 Å². The van der Waals surface area contributed by atoms with E-state index in [-0.39, 0.29) is 17.7 Å². The molecule has 0 saturated carbocycles. The molecule has 6 heteroatoms. The number of pyridine rings is 1. The Morgan fingerprint density at radius 3 is 2.59 bits per heavy atom. The fraction of sp³-hybridized carbons (Fsp3) is 0.250. The number of amides is 1. The van der Waals surface area contributed by atoms with Gasteiger partial charge in [-0.1, -0.05) is 12.1 Å². The van der Waals surface area contributed by atoms with Gasteiger partial charge in [0, 0.05) is 31.4 Å². The molecule has 0 spiro atoms. The Balaban J connectivity index is 1.97. The third kappa shape index (κ3) is 3.73. The number of carbonyl (C=O) groups excluding carboxylic acids is 1. The molecule has 2 aromatic rings. The molecule has 0 bridgehead atoms. The second-order valence-electron chi connectivity index (χ2n) is 4.86. The van der Waals surface area contributed by atoms with Gasteiger partial charge in [0.1, 0.15) is 5.75 Å². The Kier molecular flexibility index (Phi) is 4.95. The summed E-state index contributed by atoms with van der Waals surface area (Å²) < 4.78 is 6.42. The van der Waals surface area contributed by atoms with Crippen LogP contribution >= 0.6 is 0 Å². The summed E-state index contributed by atoms with van der Waals surface area (Å²) in [6, 6.07) is 9.75. The van der Waals surface area contributed by atoms with Crippen LogP contribution in [0.15, 0.2) is 47.4 Å². The molecule has 2 N–H and O–H groups in total. The Morgan fingerprint density at radius 2 is 2.00 bits per heavy atom. The van der Waals surface area contributed by atoms with Crippen molar-refractivity contribution in [2.24, 2.45) is 7.05 Å². The number of nitrogens with one attached hydrogen (secondary N) is 1. The molecule has 0 radical (unpaired) electrons. The van der Waals surface area contributed by atoms with E-state index in [9.17, 15) is 14.7 Å². The average molecular weight is 302 g/mol. The van der Waals surface area contributed by atoms with Crippen LogP contribution in [0.3, 0.4) is 0 Å². The average Bonchev–Trinajstić information content (AvgIpc) is 2.54. The monoisotopic (exact) mass is 302 g/mol. The lowest BCUT2D eigenvalue weighted by Crippen LogP contribution is -2.29. The van der Waals surface area contributed by atoms with Gasteiger partial charge in [-0.05, 0) is 23.8 Å². The lowest BCUT2D eigenvalue weighted by Gasteiger charge is -2.13. The molecule has 0 aliphatic carbocycles. The zero-order chi connectivity index (χ0) is 16.1. The molecular weight excluding hydrogens is 284 g/mol. The van der Waals surface area contributed by atoms with Crippen LogP contribution in [-0.2, 0) is 7.05 Å². The van der Waals surface area contributed by atoms with Crippen molar-refractivity contribution in [3.8, 4) is 5.75 Å². The van der Waals surface area contributed by atoms with Gasteiger partial charge in [0.15, 0.2) is 0 Å². The fourth-order valence-electron chi connectivity index (χ4n) is 1.93. The van der Waals surface area contributed by atoms with Crippen LogP contribution in [0.4, 0.5) is 0 Å². The summed E-state index contributed by atoms with van der Waals surface area (Å²) in [7, 11) is 3.17. The third-order valence-electron chi connectivity index (χ3n) is 3.32. The SMILES string of the molecule is COc1ccc([C@@H](O)CNC(=O)c2ccn(C)c(=O)c2)cc1. The van der Waals surface area contributed by atoms with Crippen LogP contribution in [0, 0.1) is 0 Å². The van der Waals surface area contributed by atoms with Gasteiger partial charge in [0.2, 0.25) is 0 Å². The first-order valence-electron chi connectivity index (χ1n) is 6.78. The Morgan fingerprint density at radius 1 is 1.32 bits per heavy atom. The molecule has 22 heavy (non-hydrogen) atoms. The number of aryl methyl sites for hydroxylation is 1. The number of benzene rings is 1. The van der Waals surface area contributed by atoms with Crippen molar-refractivity contribution >= 4 is 5.91 Å². The zero-order valence-corrected chi connectivity index (χ0v) is 12.4. The topological polar surface area (TPSA) is 80.6 Å². The number of aromatic nitrogens is 1. The first-order chi connectivity index (χ1) is 10.5. The summed E-state index contributed by atoms with van der Waals surface area (Å²) in [6.45, 7) is 0.0559. The summed E-state index contributed by atoms with van der Waals surface area (Å²) in [4.78, 5) is 23.4. The van der Waals surface area contributed by atoms with E-state index in [0.29, 0.717) is 11.3 Å². The summed E-state index contributed by atoms with van der Waals surface area (Å²) in [5.41, 5.74) is 0.679. The number of aliphatic hydroxyl groups is 1. The minimum atomic E-state index is -0.832. The fourth-order valence-corrected chi connectivity index (χ4v) is 1.93. The standard InChI is InChI=1S/C16H18N2O4/c1-18-8-7-12(9-15(18)20)16(21)17-10-14(19)11-3-5-13(22-2)6-4-11/h3-9,14,19H,10H2,1-2H3,(H,17,21)/t14-/m0/s1. The first-order valence-corrected chi connectivity index (χ1v) is 6.78. The summed E-state index contributed by atoms with van der Waals surface area (Å²) in [6.07, 6.45) is 0.693. The molecule has 0 saturated heterocycles. The van der Waals surface area contributed by atoms with Crippen molar-refractivity contribution in [2.75, 3.05) is 13.7 Å². The van der Waals surface area contributed by atoms with Gasteiger partial charge in [0.25, 0.3) is 11.5 Å². The number of ether oxygens (including phenoxy) is 1. The van der Waals surface area contributed by atoms with Gasteiger partial charge >= 0.3 is 0 Å². The molecule has 0 aliphatic heterocycles. The summed E-state index contributed by atoms with van der Waals surface area (Å²) in [5, 5.41) is 12.7. The maximum absolute atomic E-state index is 12.0. The van der Waals surface area contributed by atoms with Crippen molar-refractivity contribution < 1.29 is 14.6 Å². The van der Waals surface area contributed by atoms with Crippen molar-refractivity contribution in [2.45, 2.75) is 6.10 Å². The van der Waals surface area contributed by atoms with E-state index in [2.05, 4.69) is 5.32 Å². The molecule has 0 fully saturated rings. The van der Waals surface area contributed by atoms with Gasteiger partial charge in [-0.15, -0.1) is 0 Å². The molecule has 1 heterocycles. The molecule has 1 aromatic heterocycles. The van der Waals surface area contributed by atoms with Gasteiger partial charge in [0.05, 0.1) is 13.2 Å². The maximum Gasteiger partial charge on any atom is 0.251 e. The van der Waals surface area contributed by atoms with Crippen molar-refractivity contribution in [3.05, 3.63) is 64.1 Å². The third-order valence-corrected chi connectivity index (χ3v) is 3.32. The molecule has 116 valence electrons. The largest absolute Gasteiger partial charge is 0.497 e. The number of nitrogens with zero attached hydrogens (tertiary/aromatic N) is 1. The van der Waals surface area contributed by atoms with Crippen LogP contribution in [0.1, 0.15) is 22.0 Å². The van der Waals surface area contributed by atoms with E-state index >= 15 is 0 Å². The highest BCUT2D eigenvalue weighted by molar-refractivity contribution is 5.93. The highest BCUT2D eigenvalue weighted by Gasteiger charge is 2.11. The van der Waals surface area contributed by atoms with E-state index in [4.69, 9.17) is 4.74 Å². The normalized spacial score (nSPS) is 11.8. The minimum Gasteiger partial charge on any atom is -0.497 e. The number of carbonyl (C=O) groups is 1. The Bertz CT molecular complexity index is 707. The molecular formula is C16H18N2O4. The quantitative estimate of drug-likeness (QED) is 0.858. The van der Waals surface area contributed by atoms with E-state index in [1.807, 2.05) is 0 Å². The first kappa shape index (κ1) is 15.8. The lowest BCUT2D eigenvalue weighted by atomic mass is 10.1. The Hall–Kier alpha value is -2.60. The second-order valence-corrected chi connectivity index (χ2v) is 4.86. The molecule has 6 nitrogen and oxygen atoms in total. The van der Waals surface area contributed by atoms with E-state index < -0.39 is 12.0 Å². The number of methoxy groups -OCH3 is 1. The highest BCUT2D eigenvalue weighted by atomic mass is 16.5. The van der Waals surface area contributed by atoms with Crippen LogP contribution in [0.5, 0.6) is 5.75 Å². The predicted octanol–water partition coefficient (Wildman–Crippen LogP) is 0.857. The molecule has 1 atom stereocenters. The molecule has 2 rings (SSSR count). The van der Waals surface area contributed by atoms with Crippen LogP contribution < -0.4 is 15.6 Å². The van der Waals surface area contributed by atoms with Gasteiger partial charge in [-0.25, -0.2) is 0 Å². The molecule has 0 unspecified atom stereocenters. The molecule has 0 aliphatic rings. The number of hydrogen-bond donors (Lipinski definition) is 2. The van der Waals surface area contributed by atoms with E-state index in [0.717, 1.165) is 0 Å². The van der Waals surface area contributed by atoms with Crippen molar-refractivity contribution in [1.29, 1.82) is 0 Å². The minimum absolute atomic E-state index is 0.0559. The summed E-state index contributed by atoms with van der Waals surface area (Å²) in [5.74, 6) is 0.297. The molecule has 1 aromatic carbocycles. The van der Waals surface area contributed by atoms with Crippen molar-refractivity contribution in [3.63, 3.8) is 0 Å². The number of aliphatic hydroxyl groups excluding tert-OH is 1. The van der Waals surface area contributed by atoms with E-state index in [1.165, 1.54) is 16.8 Å².